The van der Waals surface area contributed by atoms with Crippen molar-refractivity contribution in [2.24, 2.45) is 0 Å². The van der Waals surface area contributed by atoms with Gasteiger partial charge in [-0.15, -0.1) is 11.3 Å². The lowest BCUT2D eigenvalue weighted by Gasteiger charge is -2.11. The number of carbonyl (C=O) groups excluding carboxylic acids is 1. The minimum absolute atomic E-state index is 0.0368. The van der Waals surface area contributed by atoms with Crippen LogP contribution < -0.4 is 20.7 Å². The van der Waals surface area contributed by atoms with Gasteiger partial charge in [-0.05, 0) is 37.7 Å². The van der Waals surface area contributed by atoms with Gasteiger partial charge in [-0.1, -0.05) is 0 Å². The maximum Gasteiger partial charge on any atom is 0.263 e. The Bertz CT molecular complexity index is 1330. The molecular weight excluding hydrogens is 438 g/mol. The largest absolute Gasteiger partial charge is 0.418 e. The van der Waals surface area contributed by atoms with Crippen LogP contribution in [-0.2, 0) is 6.54 Å². The van der Waals surface area contributed by atoms with E-state index in [4.69, 9.17) is 16.3 Å². The number of anilines is 1. The van der Waals surface area contributed by atoms with Crippen molar-refractivity contribution in [3.63, 3.8) is 0 Å². The average molecular weight is 456 g/mol. The predicted molar refractivity (Wildman–Crippen MR) is 120 cm³/mol. The first kappa shape index (κ1) is 19.9. The number of amides is 1. The van der Waals surface area contributed by atoms with Crippen molar-refractivity contribution in [1.82, 2.24) is 30.6 Å². The highest BCUT2D eigenvalue weighted by Gasteiger charge is 2.25. The number of aromatic nitrogens is 4. The number of thiophene rings is 1. The fourth-order valence-electron chi connectivity index (χ4n) is 3.49. The number of carbonyl (C=O) groups is 1. The summed E-state index contributed by atoms with van der Waals surface area (Å²) in [5, 5.41) is 10.4. The first-order valence-corrected chi connectivity index (χ1v) is 10.8. The zero-order chi connectivity index (χ0) is 21.5. The minimum atomic E-state index is -0.0764. The first-order chi connectivity index (χ1) is 15.0. The Balaban J connectivity index is 1.58. The van der Waals surface area contributed by atoms with E-state index in [1.807, 2.05) is 26.1 Å². The number of nitrogens with one attached hydrogen (secondary N) is 3. The van der Waals surface area contributed by atoms with E-state index in [9.17, 15) is 4.79 Å². The molecule has 3 aromatic heterocycles. The Hall–Kier alpha value is -3.08. The molecule has 1 aliphatic heterocycles. The van der Waals surface area contributed by atoms with Crippen LogP contribution >= 0.6 is 22.9 Å². The number of ether oxygens (including phenoxy) is 1. The molecule has 4 heterocycles. The normalized spacial score (nSPS) is 16.0. The van der Waals surface area contributed by atoms with E-state index in [1.165, 1.54) is 11.3 Å². The molecular formula is C20H18ClN7O2S. The van der Waals surface area contributed by atoms with Gasteiger partial charge in [0.15, 0.2) is 0 Å². The van der Waals surface area contributed by atoms with Gasteiger partial charge in [0.05, 0.1) is 22.9 Å². The third kappa shape index (κ3) is 3.62. The maximum atomic E-state index is 12.6. The molecule has 31 heavy (non-hydrogen) atoms. The summed E-state index contributed by atoms with van der Waals surface area (Å²) in [4.78, 5) is 30.6. The predicted octanol–water partition coefficient (Wildman–Crippen LogP) is 3.34. The summed E-state index contributed by atoms with van der Waals surface area (Å²) in [5.41, 5.74) is 2.90. The number of nitrogens with zero attached hydrogens (tertiary/aromatic N) is 4. The van der Waals surface area contributed by atoms with Gasteiger partial charge in [-0.3, -0.25) is 4.79 Å². The van der Waals surface area contributed by atoms with E-state index >= 15 is 0 Å². The summed E-state index contributed by atoms with van der Waals surface area (Å²) in [6.07, 6.45) is 3.15. The molecule has 0 fully saturated rings. The highest BCUT2D eigenvalue weighted by atomic mass is 35.5. The van der Waals surface area contributed by atoms with Crippen molar-refractivity contribution in [1.29, 1.82) is 0 Å². The molecule has 0 saturated carbocycles. The molecule has 1 aliphatic rings. The monoisotopic (exact) mass is 455 g/mol. The fourth-order valence-corrected chi connectivity index (χ4v) is 4.70. The van der Waals surface area contributed by atoms with Crippen LogP contribution in [0, 0.1) is 0 Å². The molecule has 0 unspecified atom stereocenters. The Morgan fingerprint density at radius 1 is 1.29 bits per heavy atom. The van der Waals surface area contributed by atoms with Crippen molar-refractivity contribution in [3.8, 4) is 11.8 Å². The van der Waals surface area contributed by atoms with Crippen LogP contribution in [0.15, 0.2) is 24.5 Å². The van der Waals surface area contributed by atoms with Crippen LogP contribution in [0.1, 0.15) is 22.2 Å². The van der Waals surface area contributed by atoms with Gasteiger partial charge in [0, 0.05) is 41.0 Å². The van der Waals surface area contributed by atoms with E-state index in [1.54, 1.807) is 12.4 Å². The molecule has 1 aromatic carbocycles. The number of hydrogen-bond donors (Lipinski definition) is 3. The van der Waals surface area contributed by atoms with Crippen molar-refractivity contribution in [2.45, 2.75) is 19.5 Å². The zero-order valence-corrected chi connectivity index (χ0v) is 18.3. The van der Waals surface area contributed by atoms with Gasteiger partial charge in [0.1, 0.15) is 4.88 Å². The molecule has 0 spiro atoms. The number of hydrogen-bond acceptors (Lipinski definition) is 9. The van der Waals surface area contributed by atoms with Gasteiger partial charge in [-0.2, -0.15) is 4.98 Å². The Morgan fingerprint density at radius 3 is 3.00 bits per heavy atom. The van der Waals surface area contributed by atoms with Crippen LogP contribution in [0.25, 0.3) is 21.1 Å². The molecule has 0 radical (unpaired) electrons. The van der Waals surface area contributed by atoms with Gasteiger partial charge >= 0.3 is 0 Å². The molecule has 4 aromatic rings. The highest BCUT2D eigenvalue weighted by Crippen LogP contribution is 2.40. The summed E-state index contributed by atoms with van der Waals surface area (Å²) in [5.74, 6) is 0.535. The molecule has 0 aliphatic carbocycles. The van der Waals surface area contributed by atoms with Gasteiger partial charge in [0.2, 0.25) is 17.0 Å². The summed E-state index contributed by atoms with van der Waals surface area (Å²) in [7, 11) is 1.82. The number of fused-ring (bicyclic) bond motifs is 5. The molecule has 11 heteroatoms. The second-order valence-electron chi connectivity index (χ2n) is 7.18. The molecule has 9 nitrogen and oxygen atoms in total. The lowest BCUT2D eigenvalue weighted by atomic mass is 10.1. The van der Waals surface area contributed by atoms with Crippen LogP contribution in [0.4, 0.5) is 5.69 Å². The third-order valence-electron chi connectivity index (χ3n) is 4.87. The molecule has 1 atom stereocenters. The maximum absolute atomic E-state index is 12.6. The van der Waals surface area contributed by atoms with E-state index in [0.717, 1.165) is 21.3 Å². The van der Waals surface area contributed by atoms with Crippen molar-refractivity contribution in [2.75, 3.05) is 18.9 Å². The van der Waals surface area contributed by atoms with Crippen LogP contribution in [0.5, 0.6) is 11.8 Å². The van der Waals surface area contributed by atoms with Crippen molar-refractivity contribution < 1.29 is 9.53 Å². The third-order valence-corrected chi connectivity index (χ3v) is 6.21. The lowest BCUT2D eigenvalue weighted by Crippen LogP contribution is -2.34. The molecule has 0 bridgehead atoms. The van der Waals surface area contributed by atoms with Gasteiger partial charge in [0.25, 0.3) is 5.91 Å². The Morgan fingerprint density at radius 2 is 2.16 bits per heavy atom. The zero-order valence-electron chi connectivity index (χ0n) is 16.7. The Kier molecular flexibility index (Phi) is 5.05. The molecule has 158 valence electrons. The quantitative estimate of drug-likeness (QED) is 0.401. The average Bonchev–Trinajstić information content (AvgIpc) is 3.07. The minimum Gasteiger partial charge on any atom is -0.418 e. The van der Waals surface area contributed by atoms with E-state index in [0.29, 0.717) is 40.8 Å². The van der Waals surface area contributed by atoms with Gasteiger partial charge in [-0.25, -0.2) is 15.0 Å². The van der Waals surface area contributed by atoms with Crippen LogP contribution in [0.3, 0.4) is 0 Å². The lowest BCUT2D eigenvalue weighted by molar-refractivity contribution is 0.0949. The van der Waals surface area contributed by atoms with E-state index < -0.39 is 0 Å². The first-order valence-electron chi connectivity index (χ1n) is 9.64. The number of halogens is 1. The van der Waals surface area contributed by atoms with Crippen molar-refractivity contribution in [3.05, 3.63) is 40.3 Å². The Labute approximate surface area is 186 Å². The molecule has 1 amide bonds. The van der Waals surface area contributed by atoms with E-state index in [-0.39, 0.29) is 17.2 Å². The van der Waals surface area contributed by atoms with Crippen molar-refractivity contribution >= 4 is 55.7 Å². The fraction of sp³-hybridized carbons (Fsp3) is 0.250. The van der Waals surface area contributed by atoms with Crippen LogP contribution in [0.2, 0.25) is 5.28 Å². The standard InChI is InChI=1S/C20H18ClN7O2S/c1-9-5-23-16-14-12(31-17(16)18(29)26-9)4-3-11-15(14)24-8-13(27-11)30-19-10(6-22-2)7-25-20(21)28-19/h3-4,7-9,22-23H,5-6H2,1-2H3,(H,26,29)/t9-/m1/s1. The van der Waals surface area contributed by atoms with Gasteiger partial charge < -0.3 is 20.7 Å². The van der Waals surface area contributed by atoms with E-state index in [2.05, 4.69) is 35.9 Å². The second kappa shape index (κ2) is 7.88. The molecule has 3 N–H and O–H groups in total. The molecule has 0 saturated heterocycles. The molecule has 5 rings (SSSR count). The summed E-state index contributed by atoms with van der Waals surface area (Å²) in [6.45, 7) is 3.12. The summed E-state index contributed by atoms with van der Waals surface area (Å²) < 4.78 is 6.85. The topological polar surface area (TPSA) is 114 Å². The van der Waals surface area contributed by atoms with Crippen LogP contribution in [-0.4, -0.2) is 45.5 Å². The smallest absolute Gasteiger partial charge is 0.263 e. The summed E-state index contributed by atoms with van der Waals surface area (Å²) >= 11 is 7.38. The second-order valence-corrected chi connectivity index (χ2v) is 8.57. The number of benzene rings is 1. The number of rotatable bonds is 4. The SMILES string of the molecule is CNCc1cnc(Cl)nc1Oc1cnc2c(ccc3sc4c(c32)NC[C@@H](C)NC4=O)n1. The highest BCUT2D eigenvalue weighted by molar-refractivity contribution is 7.21. The summed E-state index contributed by atoms with van der Waals surface area (Å²) in [6, 6.07) is 3.85.